The minimum Gasteiger partial charge on any atom is -0.264 e. The van der Waals surface area contributed by atoms with E-state index in [2.05, 4.69) is 44.4 Å². The van der Waals surface area contributed by atoms with Crippen LogP contribution in [0, 0.1) is 0 Å². The van der Waals surface area contributed by atoms with Gasteiger partial charge < -0.3 is 0 Å². The van der Waals surface area contributed by atoms with E-state index in [1.54, 1.807) is 6.20 Å². The molecule has 30 heavy (non-hydrogen) atoms. The number of fused-ring (bicyclic) bond motifs is 3. The average Bonchev–Trinajstić information content (AvgIpc) is 2.85. The zero-order chi connectivity index (χ0) is 20.4. The van der Waals surface area contributed by atoms with Crippen LogP contribution in [-0.2, 0) is 0 Å². The van der Waals surface area contributed by atoms with Crippen molar-refractivity contribution in [2.75, 3.05) is 0 Å². The van der Waals surface area contributed by atoms with Crippen molar-refractivity contribution in [1.82, 2.24) is 20.2 Å². The van der Waals surface area contributed by atoms with Crippen LogP contribution < -0.4 is 0 Å². The van der Waals surface area contributed by atoms with Crippen molar-refractivity contribution in [3.63, 3.8) is 0 Å². The van der Waals surface area contributed by atoms with Crippen molar-refractivity contribution in [2.24, 2.45) is 0 Å². The lowest BCUT2D eigenvalue weighted by atomic mass is 10.2. The average molecular weight is 388 g/mol. The van der Waals surface area contributed by atoms with E-state index in [0.29, 0.717) is 0 Å². The number of pyridine rings is 2. The summed E-state index contributed by atoms with van der Waals surface area (Å²) in [5.74, 6) is 0. The first-order chi connectivity index (χ1) is 14.9. The monoisotopic (exact) mass is 388 g/mol. The van der Waals surface area contributed by atoms with Crippen LogP contribution in [0.3, 0.4) is 0 Å². The third-order valence-corrected chi connectivity index (χ3v) is 4.49. The normalized spacial score (nSPS) is 10.0. The van der Waals surface area contributed by atoms with E-state index < -0.39 is 0 Å². The molecule has 3 heterocycles. The summed E-state index contributed by atoms with van der Waals surface area (Å²) in [5.41, 5.74) is 2.01. The fraction of sp³-hybridized carbons (Fsp3) is 0. The molecule has 6 rings (SSSR count). The van der Waals surface area contributed by atoms with Gasteiger partial charge in [0.1, 0.15) is 0 Å². The van der Waals surface area contributed by atoms with E-state index in [1.807, 2.05) is 91.4 Å². The highest BCUT2D eigenvalue weighted by atomic mass is 15.1. The largest absolute Gasteiger partial charge is 0.264 e. The second kappa shape index (κ2) is 9.85. The summed E-state index contributed by atoms with van der Waals surface area (Å²) < 4.78 is 0. The summed E-state index contributed by atoms with van der Waals surface area (Å²) in [7, 11) is 0. The molecule has 0 spiro atoms. The van der Waals surface area contributed by atoms with Crippen molar-refractivity contribution in [3.05, 3.63) is 122 Å². The van der Waals surface area contributed by atoms with Crippen LogP contribution in [0.15, 0.2) is 122 Å². The van der Waals surface area contributed by atoms with E-state index in [9.17, 15) is 0 Å². The summed E-state index contributed by atoms with van der Waals surface area (Å²) >= 11 is 0. The molecule has 0 saturated heterocycles. The van der Waals surface area contributed by atoms with Crippen LogP contribution >= 0.6 is 0 Å². The lowest BCUT2D eigenvalue weighted by Crippen LogP contribution is -1.79. The van der Waals surface area contributed by atoms with Crippen LogP contribution in [0.2, 0.25) is 0 Å². The molecule has 0 amide bonds. The maximum absolute atomic E-state index is 4.18. The van der Waals surface area contributed by atoms with Crippen LogP contribution in [0.1, 0.15) is 0 Å². The predicted molar refractivity (Wildman–Crippen MR) is 123 cm³/mol. The van der Waals surface area contributed by atoms with Gasteiger partial charge in [-0.3, -0.25) is 9.97 Å². The fourth-order valence-electron chi connectivity index (χ4n) is 2.97. The number of para-hydroxylation sites is 1. The highest BCUT2D eigenvalue weighted by molar-refractivity contribution is 5.81. The van der Waals surface area contributed by atoms with Gasteiger partial charge in [-0.25, -0.2) is 0 Å². The Morgan fingerprint density at radius 1 is 0.433 bits per heavy atom. The van der Waals surface area contributed by atoms with E-state index >= 15 is 0 Å². The molecular formula is C26H20N4. The molecule has 0 atom stereocenters. The highest BCUT2D eigenvalue weighted by Gasteiger charge is 1.88. The summed E-state index contributed by atoms with van der Waals surface area (Å²) in [6, 6.07) is 32.1. The molecule has 0 unspecified atom stereocenters. The number of hydrogen-bond acceptors (Lipinski definition) is 4. The van der Waals surface area contributed by atoms with Gasteiger partial charge >= 0.3 is 0 Å². The molecule has 0 radical (unpaired) electrons. The minimum absolute atomic E-state index is 0.949. The summed E-state index contributed by atoms with van der Waals surface area (Å²) in [6.07, 6.45) is 7.18. The Morgan fingerprint density at radius 3 is 1.77 bits per heavy atom. The number of nitrogens with zero attached hydrogens (tertiary/aromatic N) is 4. The number of benzene rings is 3. The van der Waals surface area contributed by atoms with Crippen LogP contribution in [0.25, 0.3) is 32.6 Å². The Morgan fingerprint density at radius 2 is 1.03 bits per heavy atom. The van der Waals surface area contributed by atoms with Crippen molar-refractivity contribution in [2.45, 2.75) is 0 Å². The van der Waals surface area contributed by atoms with Gasteiger partial charge in [0.2, 0.25) is 0 Å². The zero-order valence-electron chi connectivity index (χ0n) is 16.3. The van der Waals surface area contributed by atoms with Crippen molar-refractivity contribution < 1.29 is 0 Å². The number of rotatable bonds is 0. The highest BCUT2D eigenvalue weighted by Crippen LogP contribution is 2.10. The topological polar surface area (TPSA) is 51.6 Å². The molecule has 6 aromatic rings. The minimum atomic E-state index is 0.949. The molecule has 0 N–H and O–H groups in total. The molecule has 0 fully saturated rings. The molecule has 0 aliphatic carbocycles. The van der Waals surface area contributed by atoms with Gasteiger partial charge in [-0.15, -0.1) is 0 Å². The maximum atomic E-state index is 4.18. The molecule has 0 aliphatic heterocycles. The standard InChI is InChI=1S/2C9H7N.C8H6N2/c1-2-6-9-8(4-1)5-3-7-10-9;1-2-4-9-7-10-6-5-8(9)3-1;1-2-4-8-7(3-1)5-6-9-10-8/h2*1-7H;1-6H. The fourth-order valence-corrected chi connectivity index (χ4v) is 2.97. The van der Waals surface area contributed by atoms with E-state index in [-0.39, 0.29) is 0 Å². The van der Waals surface area contributed by atoms with E-state index in [4.69, 9.17) is 0 Å². The molecule has 0 bridgehead atoms. The Hall–Kier alpha value is -4.18. The first kappa shape index (κ1) is 19.2. The Kier molecular flexibility index (Phi) is 6.28. The zero-order valence-corrected chi connectivity index (χ0v) is 16.3. The van der Waals surface area contributed by atoms with Gasteiger partial charge in [0.05, 0.1) is 17.2 Å². The lowest BCUT2D eigenvalue weighted by molar-refractivity contribution is 1.08. The van der Waals surface area contributed by atoms with Gasteiger partial charge in [-0.1, -0.05) is 66.7 Å². The van der Waals surface area contributed by atoms with Crippen LogP contribution in [0.5, 0.6) is 0 Å². The number of hydrogen-bond donors (Lipinski definition) is 0. The molecule has 4 nitrogen and oxygen atoms in total. The van der Waals surface area contributed by atoms with Crippen molar-refractivity contribution in [3.8, 4) is 0 Å². The van der Waals surface area contributed by atoms with E-state index in [0.717, 1.165) is 16.4 Å². The smallest absolute Gasteiger partial charge is 0.0929 e. The summed E-state index contributed by atoms with van der Waals surface area (Å²) in [6.45, 7) is 0. The SMILES string of the molecule is c1ccc2cnccc2c1.c1ccc2ncccc2c1.c1ccc2nnccc2c1. The molecule has 3 aromatic carbocycles. The van der Waals surface area contributed by atoms with Gasteiger partial charge in [0.15, 0.2) is 0 Å². The molecular weight excluding hydrogens is 368 g/mol. The molecule has 3 aromatic heterocycles. The lowest BCUT2D eigenvalue weighted by Gasteiger charge is -1.91. The second-order valence-corrected chi connectivity index (χ2v) is 6.51. The van der Waals surface area contributed by atoms with Crippen molar-refractivity contribution in [1.29, 1.82) is 0 Å². The summed E-state index contributed by atoms with van der Waals surface area (Å²) in [4.78, 5) is 8.19. The molecule has 4 heteroatoms. The quantitative estimate of drug-likeness (QED) is 0.315. The van der Waals surface area contributed by atoms with Crippen LogP contribution in [0.4, 0.5) is 0 Å². The maximum Gasteiger partial charge on any atom is 0.0929 e. The molecule has 0 aliphatic rings. The third kappa shape index (κ3) is 5.00. The van der Waals surface area contributed by atoms with Gasteiger partial charge in [0, 0.05) is 29.4 Å². The first-order valence-corrected chi connectivity index (χ1v) is 9.65. The number of aromatic nitrogens is 4. The van der Waals surface area contributed by atoms with Gasteiger partial charge in [0.25, 0.3) is 0 Å². The van der Waals surface area contributed by atoms with Gasteiger partial charge in [-0.2, -0.15) is 10.2 Å². The van der Waals surface area contributed by atoms with Crippen molar-refractivity contribution >= 4 is 32.6 Å². The van der Waals surface area contributed by atoms with Gasteiger partial charge in [-0.05, 0) is 41.1 Å². The third-order valence-electron chi connectivity index (χ3n) is 4.49. The Bertz CT molecular complexity index is 999. The predicted octanol–water partition coefficient (Wildman–Crippen LogP) is 6.10. The molecule has 144 valence electrons. The summed E-state index contributed by atoms with van der Waals surface area (Å²) in [5, 5.41) is 12.5. The first-order valence-electron chi connectivity index (χ1n) is 9.65. The van der Waals surface area contributed by atoms with Crippen LogP contribution in [-0.4, -0.2) is 20.2 Å². The Balaban J connectivity index is 0.000000109. The second-order valence-electron chi connectivity index (χ2n) is 6.51. The molecule has 0 saturated carbocycles. The Labute approximate surface area is 174 Å². The van der Waals surface area contributed by atoms with E-state index in [1.165, 1.54) is 16.2 Å².